The highest BCUT2D eigenvalue weighted by molar-refractivity contribution is 5.88. The summed E-state index contributed by atoms with van der Waals surface area (Å²) in [7, 11) is 0. The molecule has 0 heterocycles. The quantitative estimate of drug-likeness (QED) is 0.618. The maximum Gasteiger partial charge on any atom is 0.330 e. The molecule has 0 spiro atoms. The first-order valence-electron chi connectivity index (χ1n) is 7.03. The predicted molar refractivity (Wildman–Crippen MR) is 83.7 cm³/mol. The molecule has 118 valence electrons. The molecule has 0 radical (unpaired) electrons. The average Bonchev–Trinajstić information content (AvgIpc) is 2.51. The molecule has 0 aliphatic rings. The Bertz CT molecular complexity index is 526. The zero-order chi connectivity index (χ0) is 16.4. The van der Waals surface area contributed by atoms with Crippen LogP contribution in [0.1, 0.15) is 30.5 Å². The van der Waals surface area contributed by atoms with Crippen molar-refractivity contribution in [3.63, 3.8) is 0 Å². The summed E-state index contributed by atoms with van der Waals surface area (Å²) in [5, 5.41) is 9.28. The van der Waals surface area contributed by atoms with Gasteiger partial charge in [0.15, 0.2) is 0 Å². The van der Waals surface area contributed by atoms with Crippen LogP contribution < -0.4 is 0 Å². The van der Waals surface area contributed by atoms with Crippen LogP contribution in [0.15, 0.2) is 30.4 Å². The molecule has 0 aliphatic heterocycles. The van der Waals surface area contributed by atoms with Crippen LogP contribution in [-0.4, -0.2) is 30.3 Å². The first kappa shape index (κ1) is 17.7. The van der Waals surface area contributed by atoms with E-state index in [-0.39, 0.29) is 6.61 Å². The molecule has 0 unspecified atom stereocenters. The minimum Gasteiger partial charge on any atom is -0.463 e. The van der Waals surface area contributed by atoms with E-state index >= 15 is 0 Å². The van der Waals surface area contributed by atoms with Gasteiger partial charge >= 0.3 is 11.9 Å². The number of hydrogen-bond acceptors (Lipinski definition) is 5. The van der Waals surface area contributed by atoms with Crippen LogP contribution >= 0.6 is 0 Å². The number of carbonyl (C=O) groups is 2. The molecular weight excluding hydrogens is 284 g/mol. The van der Waals surface area contributed by atoms with E-state index in [0.717, 1.165) is 11.1 Å². The highest BCUT2D eigenvalue weighted by Crippen LogP contribution is 2.14. The predicted octanol–water partition coefficient (Wildman–Crippen LogP) is 2.33. The van der Waals surface area contributed by atoms with E-state index in [4.69, 9.17) is 9.47 Å². The fourth-order valence-corrected chi connectivity index (χ4v) is 1.74. The Morgan fingerprint density at radius 2 is 1.41 bits per heavy atom. The summed E-state index contributed by atoms with van der Waals surface area (Å²) in [6.45, 7) is 3.95. The number of hydrogen-bond donors (Lipinski definition) is 1. The molecule has 0 amide bonds. The lowest BCUT2D eigenvalue weighted by molar-refractivity contribution is -0.138. The van der Waals surface area contributed by atoms with E-state index in [9.17, 15) is 14.7 Å². The summed E-state index contributed by atoms with van der Waals surface area (Å²) in [6, 6.07) is 5.28. The lowest BCUT2D eigenvalue weighted by Gasteiger charge is -2.03. The minimum atomic E-state index is -0.430. The molecular formula is C17H20O5. The first-order chi connectivity index (χ1) is 10.6. The van der Waals surface area contributed by atoms with Gasteiger partial charge in [0, 0.05) is 12.2 Å². The van der Waals surface area contributed by atoms with Gasteiger partial charge in [-0.15, -0.1) is 0 Å². The van der Waals surface area contributed by atoms with Crippen LogP contribution in [0.4, 0.5) is 0 Å². The maximum atomic E-state index is 11.3. The van der Waals surface area contributed by atoms with Crippen LogP contribution in [0.25, 0.3) is 12.2 Å². The van der Waals surface area contributed by atoms with Gasteiger partial charge in [0.25, 0.3) is 0 Å². The third kappa shape index (κ3) is 6.37. The Labute approximate surface area is 129 Å². The van der Waals surface area contributed by atoms with E-state index in [1.165, 1.54) is 12.2 Å². The van der Waals surface area contributed by atoms with E-state index in [2.05, 4.69) is 0 Å². The molecule has 0 bridgehead atoms. The summed E-state index contributed by atoms with van der Waals surface area (Å²) in [4.78, 5) is 22.6. The molecule has 1 N–H and O–H groups in total. The van der Waals surface area contributed by atoms with Gasteiger partial charge < -0.3 is 14.6 Å². The second kappa shape index (κ2) is 9.52. The molecule has 0 aromatic heterocycles. The number of aliphatic hydroxyl groups is 1. The molecule has 22 heavy (non-hydrogen) atoms. The van der Waals surface area contributed by atoms with Gasteiger partial charge in [-0.05, 0) is 60.9 Å². The second-order valence-corrected chi connectivity index (χ2v) is 4.34. The number of esters is 2. The minimum absolute atomic E-state index is 0.138. The Kier molecular flexibility index (Phi) is 7.64. The van der Waals surface area contributed by atoms with Crippen molar-refractivity contribution >= 4 is 24.1 Å². The zero-order valence-electron chi connectivity index (χ0n) is 12.7. The first-order valence-corrected chi connectivity index (χ1v) is 7.03. The van der Waals surface area contributed by atoms with Crippen molar-refractivity contribution in [3.8, 4) is 0 Å². The average molecular weight is 304 g/mol. The largest absolute Gasteiger partial charge is 0.463 e. The molecule has 0 fully saturated rings. The third-order valence-corrected chi connectivity index (χ3v) is 2.62. The van der Waals surface area contributed by atoms with Gasteiger partial charge in [0.1, 0.15) is 0 Å². The van der Waals surface area contributed by atoms with Crippen molar-refractivity contribution < 1.29 is 24.2 Å². The molecule has 1 rings (SSSR count). The number of carbonyl (C=O) groups excluding carboxylic acids is 2. The van der Waals surface area contributed by atoms with Crippen molar-refractivity contribution in [2.75, 3.05) is 13.2 Å². The van der Waals surface area contributed by atoms with E-state index in [1.54, 1.807) is 44.2 Å². The van der Waals surface area contributed by atoms with Crippen LogP contribution in [0.2, 0.25) is 0 Å². The lowest BCUT2D eigenvalue weighted by Crippen LogP contribution is -1.99. The maximum absolute atomic E-state index is 11.3. The molecule has 5 nitrogen and oxygen atoms in total. The molecule has 0 atom stereocenters. The Hall–Kier alpha value is -2.40. The second-order valence-electron chi connectivity index (χ2n) is 4.34. The van der Waals surface area contributed by atoms with Crippen LogP contribution in [0.3, 0.4) is 0 Å². The fraction of sp³-hybridized carbons (Fsp3) is 0.294. The number of benzene rings is 1. The van der Waals surface area contributed by atoms with Gasteiger partial charge in [0.2, 0.25) is 0 Å². The highest BCUT2D eigenvalue weighted by Gasteiger charge is 2.00. The molecule has 1 aromatic rings. The SMILES string of the molecule is CCOC(=O)C=Cc1cc(C=CC(=O)OCC)cc(CO)c1. The van der Waals surface area contributed by atoms with Gasteiger partial charge in [-0.1, -0.05) is 0 Å². The van der Waals surface area contributed by atoms with E-state index < -0.39 is 11.9 Å². The van der Waals surface area contributed by atoms with Crippen LogP contribution in [0.5, 0.6) is 0 Å². The summed E-state index contributed by atoms with van der Waals surface area (Å²) < 4.78 is 9.61. The number of ether oxygens (including phenoxy) is 2. The van der Waals surface area contributed by atoms with E-state index in [0.29, 0.717) is 18.8 Å². The summed E-state index contributed by atoms with van der Waals surface area (Å²) in [5.74, 6) is -0.860. The molecule has 1 aromatic carbocycles. The Balaban J connectivity index is 2.93. The van der Waals surface area contributed by atoms with Gasteiger partial charge in [-0.25, -0.2) is 9.59 Å². The van der Waals surface area contributed by atoms with Crippen molar-refractivity contribution in [2.24, 2.45) is 0 Å². The molecule has 0 saturated carbocycles. The Morgan fingerprint density at radius 1 is 0.955 bits per heavy atom. The summed E-state index contributed by atoms with van der Waals surface area (Å²) >= 11 is 0. The van der Waals surface area contributed by atoms with Crippen molar-refractivity contribution in [1.82, 2.24) is 0 Å². The highest BCUT2D eigenvalue weighted by atomic mass is 16.5. The fourth-order valence-electron chi connectivity index (χ4n) is 1.74. The number of aliphatic hydroxyl groups excluding tert-OH is 1. The monoisotopic (exact) mass is 304 g/mol. The smallest absolute Gasteiger partial charge is 0.330 e. The summed E-state index contributed by atoms with van der Waals surface area (Å²) in [6.07, 6.45) is 5.83. The Morgan fingerprint density at radius 3 is 1.77 bits per heavy atom. The molecule has 0 aliphatic carbocycles. The standard InChI is InChI=1S/C17H20O5/c1-3-21-16(19)7-5-13-9-14(11-15(10-13)12-18)6-8-17(20)22-4-2/h5-11,18H,3-4,12H2,1-2H3. The van der Waals surface area contributed by atoms with Crippen LogP contribution in [0, 0.1) is 0 Å². The third-order valence-electron chi connectivity index (χ3n) is 2.62. The molecule has 0 saturated heterocycles. The lowest BCUT2D eigenvalue weighted by atomic mass is 10.0. The van der Waals surface area contributed by atoms with Gasteiger partial charge in [0.05, 0.1) is 19.8 Å². The van der Waals surface area contributed by atoms with Crippen molar-refractivity contribution in [1.29, 1.82) is 0 Å². The number of rotatable bonds is 7. The van der Waals surface area contributed by atoms with Gasteiger partial charge in [-0.3, -0.25) is 0 Å². The van der Waals surface area contributed by atoms with Gasteiger partial charge in [-0.2, -0.15) is 0 Å². The normalized spacial score (nSPS) is 11.0. The zero-order valence-corrected chi connectivity index (χ0v) is 12.7. The summed E-state index contributed by atoms with van der Waals surface area (Å²) in [5.41, 5.74) is 2.13. The van der Waals surface area contributed by atoms with Crippen molar-refractivity contribution in [3.05, 3.63) is 47.0 Å². The molecule has 5 heteroatoms. The topological polar surface area (TPSA) is 72.8 Å². The van der Waals surface area contributed by atoms with E-state index in [1.807, 2.05) is 0 Å². The van der Waals surface area contributed by atoms with Crippen molar-refractivity contribution in [2.45, 2.75) is 20.5 Å². The van der Waals surface area contributed by atoms with Crippen LogP contribution in [-0.2, 0) is 25.7 Å².